The summed E-state index contributed by atoms with van der Waals surface area (Å²) in [5.74, 6) is 0.882. The number of rotatable bonds is 4. The topological polar surface area (TPSA) is 29.1 Å². The first-order chi connectivity index (χ1) is 7.97. The number of benzene rings is 1. The highest BCUT2D eigenvalue weighted by Crippen LogP contribution is 2.31. The lowest BCUT2D eigenvalue weighted by atomic mass is 9.82. The highest BCUT2D eigenvalue weighted by Gasteiger charge is 2.20. The molecule has 0 bridgehead atoms. The molecule has 0 saturated heterocycles. The molecule has 0 saturated carbocycles. The molecule has 1 amide bonds. The van der Waals surface area contributed by atoms with E-state index in [1.807, 2.05) is 0 Å². The lowest BCUT2D eigenvalue weighted by Gasteiger charge is -2.23. The summed E-state index contributed by atoms with van der Waals surface area (Å²) in [7, 11) is 1.70. The van der Waals surface area contributed by atoms with Crippen molar-refractivity contribution in [2.75, 3.05) is 7.05 Å². The van der Waals surface area contributed by atoms with Crippen LogP contribution in [0.2, 0.25) is 0 Å². The van der Waals surface area contributed by atoms with Crippen LogP contribution in [0.25, 0.3) is 0 Å². The van der Waals surface area contributed by atoms with Gasteiger partial charge in [-0.15, -0.1) is 0 Å². The smallest absolute Gasteiger partial charge is 0.220 e. The van der Waals surface area contributed by atoms with E-state index in [9.17, 15) is 4.79 Å². The lowest BCUT2D eigenvalue weighted by molar-refractivity contribution is -0.121. The number of amides is 1. The van der Waals surface area contributed by atoms with Crippen LogP contribution >= 0.6 is 0 Å². The Labute approximate surface area is 104 Å². The van der Waals surface area contributed by atoms with Crippen LogP contribution in [0.3, 0.4) is 0 Å². The SMILES string of the molecule is CNC(=O)CC(c1cccc(C)c1C)C(C)C. The minimum atomic E-state index is 0.115. The van der Waals surface area contributed by atoms with E-state index in [1.54, 1.807) is 7.05 Å². The van der Waals surface area contributed by atoms with Gasteiger partial charge in [0.25, 0.3) is 0 Å². The Morgan fingerprint density at radius 2 is 1.94 bits per heavy atom. The van der Waals surface area contributed by atoms with Gasteiger partial charge in [0.1, 0.15) is 0 Å². The van der Waals surface area contributed by atoms with E-state index in [4.69, 9.17) is 0 Å². The summed E-state index contributed by atoms with van der Waals surface area (Å²) in [6.45, 7) is 8.62. The van der Waals surface area contributed by atoms with Crippen molar-refractivity contribution in [2.24, 2.45) is 5.92 Å². The Kier molecular flexibility index (Phi) is 4.73. The van der Waals surface area contributed by atoms with Crippen LogP contribution in [0.5, 0.6) is 0 Å². The second-order valence-corrected chi connectivity index (χ2v) is 5.02. The normalized spacial score (nSPS) is 12.6. The van der Waals surface area contributed by atoms with Crippen LogP contribution in [0.4, 0.5) is 0 Å². The fraction of sp³-hybridized carbons (Fsp3) is 0.533. The minimum Gasteiger partial charge on any atom is -0.359 e. The third kappa shape index (κ3) is 3.32. The molecule has 0 radical (unpaired) electrons. The number of carbonyl (C=O) groups is 1. The Balaban J connectivity index is 3.06. The van der Waals surface area contributed by atoms with Crippen LogP contribution in [0, 0.1) is 19.8 Å². The molecule has 0 aliphatic rings. The number of carbonyl (C=O) groups excluding carboxylic acids is 1. The summed E-state index contributed by atoms with van der Waals surface area (Å²) in [6, 6.07) is 6.35. The molecule has 17 heavy (non-hydrogen) atoms. The van der Waals surface area contributed by atoms with Crippen LogP contribution in [0.1, 0.15) is 42.9 Å². The van der Waals surface area contributed by atoms with Crippen molar-refractivity contribution in [3.05, 3.63) is 34.9 Å². The van der Waals surface area contributed by atoms with Gasteiger partial charge in [-0.25, -0.2) is 0 Å². The number of nitrogens with one attached hydrogen (secondary N) is 1. The molecule has 2 nitrogen and oxygen atoms in total. The molecule has 0 aromatic heterocycles. The van der Waals surface area contributed by atoms with Gasteiger partial charge in [-0.1, -0.05) is 32.0 Å². The van der Waals surface area contributed by atoms with Crippen molar-refractivity contribution >= 4 is 5.91 Å². The number of aryl methyl sites for hydroxylation is 1. The molecule has 1 aromatic carbocycles. The number of hydrogen-bond acceptors (Lipinski definition) is 1. The summed E-state index contributed by atoms with van der Waals surface area (Å²) in [5, 5.41) is 2.72. The fourth-order valence-corrected chi connectivity index (χ4v) is 2.18. The predicted octanol–water partition coefficient (Wildman–Crippen LogP) is 3.18. The van der Waals surface area contributed by atoms with Crippen molar-refractivity contribution in [1.29, 1.82) is 0 Å². The first-order valence-corrected chi connectivity index (χ1v) is 6.24. The maximum atomic E-state index is 11.6. The Morgan fingerprint density at radius 1 is 1.29 bits per heavy atom. The second kappa shape index (κ2) is 5.85. The standard InChI is InChI=1S/C15H23NO/c1-10(2)14(9-15(17)16-5)13-8-6-7-11(3)12(13)4/h6-8,10,14H,9H2,1-5H3,(H,16,17). The molecular weight excluding hydrogens is 210 g/mol. The summed E-state index contributed by atoms with van der Waals surface area (Å²) in [4.78, 5) is 11.6. The average molecular weight is 233 g/mol. The van der Waals surface area contributed by atoms with Gasteiger partial charge in [0.05, 0.1) is 0 Å². The van der Waals surface area contributed by atoms with Gasteiger partial charge >= 0.3 is 0 Å². The van der Waals surface area contributed by atoms with Gasteiger partial charge in [0.15, 0.2) is 0 Å². The van der Waals surface area contributed by atoms with E-state index in [-0.39, 0.29) is 5.91 Å². The average Bonchev–Trinajstić information content (AvgIpc) is 2.29. The Bertz CT molecular complexity index is 396. The zero-order valence-corrected chi connectivity index (χ0v) is 11.5. The second-order valence-electron chi connectivity index (χ2n) is 5.02. The minimum absolute atomic E-state index is 0.115. The summed E-state index contributed by atoms with van der Waals surface area (Å²) < 4.78 is 0. The van der Waals surface area contributed by atoms with E-state index in [1.165, 1.54) is 16.7 Å². The molecule has 0 aliphatic carbocycles. The summed E-state index contributed by atoms with van der Waals surface area (Å²) in [6.07, 6.45) is 0.568. The lowest BCUT2D eigenvalue weighted by Crippen LogP contribution is -2.23. The highest BCUT2D eigenvalue weighted by molar-refractivity contribution is 5.76. The third-order valence-corrected chi connectivity index (χ3v) is 3.53. The molecule has 1 atom stereocenters. The van der Waals surface area contributed by atoms with Crippen LogP contribution in [-0.2, 0) is 4.79 Å². The van der Waals surface area contributed by atoms with Gasteiger partial charge in [0.2, 0.25) is 5.91 Å². The summed E-state index contributed by atoms with van der Waals surface area (Å²) in [5.41, 5.74) is 3.92. The molecule has 1 aromatic rings. The molecule has 1 unspecified atom stereocenters. The third-order valence-electron chi connectivity index (χ3n) is 3.53. The number of hydrogen-bond donors (Lipinski definition) is 1. The maximum absolute atomic E-state index is 11.6. The van der Waals surface area contributed by atoms with Crippen LogP contribution in [-0.4, -0.2) is 13.0 Å². The fourth-order valence-electron chi connectivity index (χ4n) is 2.18. The monoisotopic (exact) mass is 233 g/mol. The molecule has 94 valence electrons. The van der Waals surface area contributed by atoms with Gasteiger partial charge < -0.3 is 5.32 Å². The first kappa shape index (κ1) is 13.8. The predicted molar refractivity (Wildman–Crippen MR) is 72.2 cm³/mol. The molecule has 2 heteroatoms. The van der Waals surface area contributed by atoms with E-state index in [2.05, 4.69) is 51.2 Å². The maximum Gasteiger partial charge on any atom is 0.220 e. The molecule has 1 rings (SSSR count). The molecule has 0 heterocycles. The van der Waals surface area contributed by atoms with Crippen LogP contribution < -0.4 is 5.32 Å². The molecule has 1 N–H and O–H groups in total. The quantitative estimate of drug-likeness (QED) is 0.850. The van der Waals surface area contributed by atoms with E-state index in [0.29, 0.717) is 18.3 Å². The van der Waals surface area contributed by atoms with Crippen molar-refractivity contribution in [2.45, 2.75) is 40.0 Å². The first-order valence-electron chi connectivity index (χ1n) is 6.24. The van der Waals surface area contributed by atoms with Crippen molar-refractivity contribution in [3.63, 3.8) is 0 Å². The van der Waals surface area contributed by atoms with E-state index in [0.717, 1.165) is 0 Å². The molecule has 0 fully saturated rings. The van der Waals surface area contributed by atoms with Gasteiger partial charge in [-0.2, -0.15) is 0 Å². The van der Waals surface area contributed by atoms with Gasteiger partial charge in [-0.3, -0.25) is 4.79 Å². The van der Waals surface area contributed by atoms with Gasteiger partial charge in [-0.05, 0) is 42.4 Å². The zero-order valence-electron chi connectivity index (χ0n) is 11.5. The van der Waals surface area contributed by atoms with Crippen molar-refractivity contribution in [1.82, 2.24) is 5.32 Å². The van der Waals surface area contributed by atoms with E-state index < -0.39 is 0 Å². The van der Waals surface area contributed by atoms with Crippen molar-refractivity contribution < 1.29 is 4.79 Å². The highest BCUT2D eigenvalue weighted by atomic mass is 16.1. The largest absolute Gasteiger partial charge is 0.359 e. The Morgan fingerprint density at radius 3 is 2.47 bits per heavy atom. The van der Waals surface area contributed by atoms with Crippen LogP contribution in [0.15, 0.2) is 18.2 Å². The molecular formula is C15H23NO. The Hall–Kier alpha value is -1.31. The van der Waals surface area contributed by atoms with Gasteiger partial charge in [0, 0.05) is 13.5 Å². The summed E-state index contributed by atoms with van der Waals surface area (Å²) >= 11 is 0. The molecule has 0 aliphatic heterocycles. The zero-order chi connectivity index (χ0) is 13.0. The molecule has 0 spiro atoms. The van der Waals surface area contributed by atoms with E-state index >= 15 is 0 Å². The van der Waals surface area contributed by atoms with Crippen molar-refractivity contribution in [3.8, 4) is 0 Å².